The first-order chi connectivity index (χ1) is 5.54. The van der Waals surface area contributed by atoms with E-state index in [1.54, 1.807) is 5.19 Å². The predicted molar refractivity (Wildman–Crippen MR) is 63.7 cm³/mol. The van der Waals surface area contributed by atoms with E-state index in [0.29, 0.717) is 0 Å². The third-order valence-electron chi connectivity index (χ3n) is 1.95. The Morgan fingerprint density at radius 2 is 1.92 bits per heavy atom. The van der Waals surface area contributed by atoms with Crippen LogP contribution < -0.4 is 8.88 Å². The molecule has 1 aromatic carbocycles. The zero-order chi connectivity index (χ0) is 9.19. The summed E-state index contributed by atoms with van der Waals surface area (Å²) in [4.78, 5) is 0. The molecule has 0 amide bonds. The van der Waals surface area contributed by atoms with Gasteiger partial charge in [0.1, 0.15) is 0 Å². The Bertz CT molecular complexity index is 267. The van der Waals surface area contributed by atoms with Crippen LogP contribution in [0, 0.1) is 0 Å². The van der Waals surface area contributed by atoms with Gasteiger partial charge >= 0.3 is 18.2 Å². The van der Waals surface area contributed by atoms with E-state index in [9.17, 15) is 0 Å². The number of hydrogen-bond acceptors (Lipinski definition) is 0. The van der Waals surface area contributed by atoms with Gasteiger partial charge in [-0.05, 0) is 0 Å². The second kappa shape index (κ2) is 4.26. The molecule has 3 heteroatoms. The second-order valence-electron chi connectivity index (χ2n) is 4.08. The van der Waals surface area contributed by atoms with Crippen molar-refractivity contribution in [3.05, 3.63) is 24.3 Å². The zero-order valence-corrected chi connectivity index (χ0v) is 11.9. The van der Waals surface area contributed by atoms with Gasteiger partial charge in [-0.25, -0.2) is 0 Å². The molecule has 0 bridgehead atoms. The second-order valence-corrected chi connectivity index (χ2v) is 11.9. The standard InChI is InChI=1S/C9H13Si.BrH.Mg/c1-10(2,3)9-7-5-4-6-8-9;;/h4-5,7-8H,1-3H3;1H;/q;;+1/p-1. The summed E-state index contributed by atoms with van der Waals surface area (Å²) in [6.07, 6.45) is 0. The van der Waals surface area contributed by atoms with E-state index < -0.39 is 8.07 Å². The third-order valence-corrected chi connectivity index (χ3v) is 6.68. The summed E-state index contributed by atoms with van der Waals surface area (Å²) in [5, 5.41) is 1.58. The average Bonchev–Trinajstić information content (AvgIpc) is 2.03. The molecular formula is C9H13BrMgSi. The lowest BCUT2D eigenvalue weighted by Crippen LogP contribution is -2.39. The Labute approximate surface area is 91.4 Å². The van der Waals surface area contributed by atoms with Crippen molar-refractivity contribution in [3.8, 4) is 0 Å². The van der Waals surface area contributed by atoms with Gasteiger partial charge in [0.25, 0.3) is 0 Å². The molecule has 0 aromatic heterocycles. The van der Waals surface area contributed by atoms with Gasteiger partial charge in [0.2, 0.25) is 0 Å². The van der Waals surface area contributed by atoms with Crippen LogP contribution in [0.1, 0.15) is 0 Å². The molecule has 0 radical (unpaired) electrons. The topological polar surface area (TPSA) is 0 Å². The highest BCUT2D eigenvalue weighted by atomic mass is 79.9. The van der Waals surface area contributed by atoms with Crippen LogP contribution in [0.4, 0.5) is 0 Å². The molecule has 0 spiro atoms. The minimum Gasteiger partial charge on any atom is -0.296 e. The molecule has 0 saturated carbocycles. The SMILES string of the molecule is C[Si](C)(C)c1ccc[c]([Mg][Br])c1. The van der Waals surface area contributed by atoms with Crippen molar-refractivity contribution >= 4 is 48.0 Å². The molecule has 1 rings (SSSR count). The van der Waals surface area contributed by atoms with Gasteiger partial charge in [0.05, 0.1) is 8.07 Å². The van der Waals surface area contributed by atoms with Gasteiger partial charge in [0, 0.05) is 0 Å². The largest absolute Gasteiger partial charge is 0.506 e. The molecule has 0 saturated heterocycles. The number of hydrogen-bond donors (Lipinski definition) is 0. The highest BCUT2D eigenvalue weighted by Crippen LogP contribution is 2.00. The molecule has 0 heterocycles. The van der Waals surface area contributed by atoms with Crippen LogP contribution in [-0.2, 0) is 0 Å². The lowest BCUT2D eigenvalue weighted by Gasteiger charge is -2.17. The minimum absolute atomic E-state index is 0.153. The van der Waals surface area contributed by atoms with Gasteiger partial charge in [-0.3, -0.25) is 12.9 Å². The maximum atomic E-state index is 3.61. The summed E-state index contributed by atoms with van der Waals surface area (Å²) in [6.45, 7) is 7.17. The molecule has 0 aliphatic rings. The monoisotopic (exact) mass is 252 g/mol. The van der Waals surface area contributed by atoms with Crippen LogP contribution >= 0.6 is 12.9 Å². The first-order valence-electron chi connectivity index (χ1n) is 4.19. The van der Waals surface area contributed by atoms with Crippen molar-refractivity contribution in [1.29, 1.82) is 0 Å². The van der Waals surface area contributed by atoms with Crippen LogP contribution in [0.5, 0.6) is 0 Å². The molecule has 0 atom stereocenters. The number of benzene rings is 1. The summed E-state index contributed by atoms with van der Waals surface area (Å²) in [7, 11) is -1.08. The third kappa shape index (κ3) is 2.87. The molecule has 0 nitrogen and oxygen atoms in total. The van der Waals surface area contributed by atoms with E-state index in [2.05, 4.69) is 56.8 Å². The Balaban J connectivity index is 3.02. The fraction of sp³-hybridized carbons (Fsp3) is 0.333. The van der Waals surface area contributed by atoms with E-state index >= 15 is 0 Å². The molecule has 0 aliphatic heterocycles. The molecule has 0 fully saturated rings. The van der Waals surface area contributed by atoms with Crippen molar-refractivity contribution in [2.24, 2.45) is 0 Å². The van der Waals surface area contributed by atoms with Gasteiger partial charge in [-0.15, -0.1) is 0 Å². The number of rotatable bonds is 2. The Hall–Kier alpha value is 0.683. The van der Waals surface area contributed by atoms with E-state index in [0.717, 1.165) is 0 Å². The summed E-state index contributed by atoms with van der Waals surface area (Å²) >= 11 is 3.46. The smallest absolute Gasteiger partial charge is 0.296 e. The maximum Gasteiger partial charge on any atom is 0.506 e. The van der Waals surface area contributed by atoms with Crippen LogP contribution in [0.3, 0.4) is 0 Å². The van der Waals surface area contributed by atoms with Gasteiger partial charge in [-0.2, -0.15) is 3.69 Å². The Morgan fingerprint density at radius 3 is 2.42 bits per heavy atom. The fourth-order valence-corrected chi connectivity index (χ4v) is 4.11. The molecule has 0 N–H and O–H groups in total. The van der Waals surface area contributed by atoms with Crippen molar-refractivity contribution < 1.29 is 0 Å². The Morgan fingerprint density at radius 1 is 1.25 bits per heavy atom. The lowest BCUT2D eigenvalue weighted by molar-refractivity contribution is 1.71. The van der Waals surface area contributed by atoms with E-state index in [1.807, 2.05) is 0 Å². The van der Waals surface area contributed by atoms with Crippen LogP contribution in [-0.4, -0.2) is 26.3 Å². The molecule has 0 aliphatic carbocycles. The van der Waals surface area contributed by atoms with Crippen LogP contribution in [0.15, 0.2) is 24.3 Å². The predicted octanol–water partition coefficient (Wildman–Crippen LogP) is 1.87. The highest BCUT2D eigenvalue weighted by Gasteiger charge is 2.15. The van der Waals surface area contributed by atoms with Crippen LogP contribution in [0.2, 0.25) is 19.6 Å². The summed E-state index contributed by atoms with van der Waals surface area (Å²) in [6, 6.07) is 9.07. The van der Waals surface area contributed by atoms with Crippen molar-refractivity contribution in [1.82, 2.24) is 0 Å². The Kier molecular flexibility index (Phi) is 3.82. The van der Waals surface area contributed by atoms with E-state index in [4.69, 9.17) is 0 Å². The lowest BCUT2D eigenvalue weighted by atomic mass is 10.4. The van der Waals surface area contributed by atoms with Gasteiger partial charge in [0.15, 0.2) is 0 Å². The van der Waals surface area contributed by atoms with E-state index in [1.165, 1.54) is 3.69 Å². The van der Waals surface area contributed by atoms with Crippen molar-refractivity contribution in [3.63, 3.8) is 0 Å². The average molecular weight is 253 g/mol. The molecular weight excluding hydrogens is 240 g/mol. The normalized spacial score (nSPS) is 11.0. The molecule has 0 unspecified atom stereocenters. The molecule has 12 heavy (non-hydrogen) atoms. The van der Waals surface area contributed by atoms with Crippen molar-refractivity contribution in [2.75, 3.05) is 0 Å². The molecule has 1 aromatic rings. The first kappa shape index (κ1) is 10.8. The summed E-state index contributed by atoms with van der Waals surface area (Å²) < 4.78 is 1.52. The van der Waals surface area contributed by atoms with Crippen LogP contribution in [0.25, 0.3) is 0 Å². The summed E-state index contributed by atoms with van der Waals surface area (Å²) in [5.41, 5.74) is 0. The molecule has 62 valence electrons. The zero-order valence-electron chi connectivity index (χ0n) is 7.89. The first-order valence-corrected chi connectivity index (χ1v) is 12.3. The van der Waals surface area contributed by atoms with Crippen molar-refractivity contribution in [2.45, 2.75) is 19.6 Å². The number of halogens is 1. The maximum absolute atomic E-state index is 3.61. The van der Waals surface area contributed by atoms with E-state index in [-0.39, 0.29) is 18.2 Å². The van der Waals surface area contributed by atoms with Gasteiger partial charge < -0.3 is 0 Å². The van der Waals surface area contributed by atoms with Gasteiger partial charge in [-0.1, -0.05) is 49.1 Å². The summed E-state index contributed by atoms with van der Waals surface area (Å²) in [5.74, 6) is 0. The highest BCUT2D eigenvalue weighted by molar-refractivity contribution is 9.23. The quantitative estimate of drug-likeness (QED) is 0.706. The minimum atomic E-state index is -1.08. The fourth-order valence-electron chi connectivity index (χ4n) is 1.12.